The number of rotatable bonds is 8. The van der Waals surface area contributed by atoms with E-state index in [1.807, 2.05) is 0 Å². The van der Waals surface area contributed by atoms with Gasteiger partial charge in [-0.2, -0.15) is 0 Å². The van der Waals surface area contributed by atoms with Gasteiger partial charge in [0.2, 0.25) is 5.91 Å². The first-order valence-electron chi connectivity index (χ1n) is 6.02. The molecule has 0 bridgehead atoms. The van der Waals surface area contributed by atoms with E-state index in [1.54, 1.807) is 18.7 Å². The molecule has 0 radical (unpaired) electrons. The molecule has 94 valence electrons. The summed E-state index contributed by atoms with van der Waals surface area (Å²) < 4.78 is 4.82. The Hall–Kier alpha value is -1.06. The first-order chi connectivity index (χ1) is 7.61. The fraction of sp³-hybridized carbons (Fsp3) is 0.833. The van der Waals surface area contributed by atoms with E-state index in [2.05, 4.69) is 6.92 Å². The van der Waals surface area contributed by atoms with Crippen molar-refractivity contribution in [3.63, 3.8) is 0 Å². The van der Waals surface area contributed by atoms with Gasteiger partial charge in [0.1, 0.15) is 0 Å². The molecule has 0 spiro atoms. The Morgan fingerprint density at radius 1 is 1.12 bits per heavy atom. The van der Waals surface area contributed by atoms with Crippen molar-refractivity contribution in [2.75, 3.05) is 19.7 Å². The minimum atomic E-state index is -0.179. The average molecular weight is 229 g/mol. The zero-order valence-corrected chi connectivity index (χ0v) is 10.6. The molecule has 4 nitrogen and oxygen atoms in total. The number of carbonyl (C=O) groups is 2. The van der Waals surface area contributed by atoms with Crippen LogP contribution in [0.5, 0.6) is 0 Å². The van der Waals surface area contributed by atoms with E-state index in [4.69, 9.17) is 4.74 Å². The summed E-state index contributed by atoms with van der Waals surface area (Å²) in [6, 6.07) is 0. The van der Waals surface area contributed by atoms with Crippen LogP contribution in [0.15, 0.2) is 0 Å². The first kappa shape index (κ1) is 14.9. The molecule has 0 aliphatic carbocycles. The van der Waals surface area contributed by atoms with Crippen LogP contribution < -0.4 is 0 Å². The second-order valence-electron chi connectivity index (χ2n) is 3.77. The number of nitrogens with zero attached hydrogens (tertiary/aromatic N) is 1. The molecule has 0 saturated carbocycles. The van der Waals surface area contributed by atoms with Gasteiger partial charge in [-0.3, -0.25) is 9.59 Å². The Bertz CT molecular complexity index is 216. The van der Waals surface area contributed by atoms with Crippen molar-refractivity contribution in [1.82, 2.24) is 4.90 Å². The molecule has 0 aromatic rings. The van der Waals surface area contributed by atoms with Crippen LogP contribution >= 0.6 is 0 Å². The standard InChI is InChI=1S/C12H23NO3/c1-4-6-9-13(11(3)14)10-7-8-12(15)16-5-2/h4-10H2,1-3H3. The summed E-state index contributed by atoms with van der Waals surface area (Å²) in [4.78, 5) is 24.1. The molecule has 0 aliphatic rings. The van der Waals surface area contributed by atoms with Crippen LogP contribution in [0.4, 0.5) is 0 Å². The van der Waals surface area contributed by atoms with Crippen molar-refractivity contribution >= 4 is 11.9 Å². The Morgan fingerprint density at radius 2 is 1.75 bits per heavy atom. The molecule has 16 heavy (non-hydrogen) atoms. The maximum absolute atomic E-state index is 11.3. The van der Waals surface area contributed by atoms with Crippen LogP contribution in [0, 0.1) is 0 Å². The number of amides is 1. The predicted molar refractivity (Wildman–Crippen MR) is 63.0 cm³/mol. The van der Waals surface area contributed by atoms with Gasteiger partial charge < -0.3 is 9.64 Å². The third-order valence-electron chi connectivity index (χ3n) is 2.34. The van der Waals surface area contributed by atoms with E-state index >= 15 is 0 Å². The molecule has 0 rings (SSSR count). The molecule has 0 atom stereocenters. The lowest BCUT2D eigenvalue weighted by atomic mass is 10.2. The van der Waals surface area contributed by atoms with Crippen LogP contribution in [0.1, 0.15) is 46.5 Å². The van der Waals surface area contributed by atoms with Gasteiger partial charge in [0.25, 0.3) is 0 Å². The third-order valence-corrected chi connectivity index (χ3v) is 2.34. The van der Waals surface area contributed by atoms with E-state index in [0.29, 0.717) is 26.0 Å². The summed E-state index contributed by atoms with van der Waals surface area (Å²) in [7, 11) is 0. The second kappa shape index (κ2) is 9.19. The van der Waals surface area contributed by atoms with E-state index in [1.165, 1.54) is 0 Å². The predicted octanol–water partition coefficient (Wildman–Crippen LogP) is 1.98. The van der Waals surface area contributed by atoms with E-state index in [-0.39, 0.29) is 11.9 Å². The van der Waals surface area contributed by atoms with E-state index < -0.39 is 0 Å². The minimum absolute atomic E-state index is 0.0808. The van der Waals surface area contributed by atoms with Crippen molar-refractivity contribution < 1.29 is 14.3 Å². The molecule has 0 saturated heterocycles. The van der Waals surface area contributed by atoms with Gasteiger partial charge in [0.05, 0.1) is 6.61 Å². The van der Waals surface area contributed by atoms with Gasteiger partial charge in [0, 0.05) is 26.4 Å². The van der Waals surface area contributed by atoms with Crippen LogP contribution in [0.2, 0.25) is 0 Å². The summed E-state index contributed by atoms with van der Waals surface area (Å²) >= 11 is 0. The van der Waals surface area contributed by atoms with E-state index in [9.17, 15) is 9.59 Å². The van der Waals surface area contributed by atoms with Crippen molar-refractivity contribution in [3.05, 3.63) is 0 Å². The van der Waals surface area contributed by atoms with Crippen molar-refractivity contribution in [2.45, 2.75) is 46.5 Å². The fourth-order valence-electron chi connectivity index (χ4n) is 1.42. The summed E-state index contributed by atoms with van der Waals surface area (Å²) in [5.41, 5.74) is 0. The third kappa shape index (κ3) is 7.26. The molecule has 0 heterocycles. The molecule has 1 amide bonds. The number of esters is 1. The van der Waals surface area contributed by atoms with Crippen molar-refractivity contribution in [1.29, 1.82) is 0 Å². The van der Waals surface area contributed by atoms with Gasteiger partial charge in [-0.25, -0.2) is 0 Å². The Kier molecular flexibility index (Phi) is 8.58. The lowest BCUT2D eigenvalue weighted by Crippen LogP contribution is -2.31. The number of carbonyl (C=O) groups excluding carboxylic acids is 2. The van der Waals surface area contributed by atoms with Gasteiger partial charge in [-0.1, -0.05) is 13.3 Å². The number of hydrogen-bond acceptors (Lipinski definition) is 3. The zero-order chi connectivity index (χ0) is 12.4. The van der Waals surface area contributed by atoms with E-state index in [0.717, 1.165) is 19.4 Å². The van der Waals surface area contributed by atoms with Crippen LogP contribution in [-0.2, 0) is 14.3 Å². The molecule has 0 aliphatic heterocycles. The lowest BCUT2D eigenvalue weighted by molar-refractivity contribution is -0.143. The summed E-state index contributed by atoms with van der Waals surface area (Å²) in [6.07, 6.45) is 3.16. The highest BCUT2D eigenvalue weighted by Crippen LogP contribution is 2.01. The topological polar surface area (TPSA) is 46.6 Å². The molecule has 0 unspecified atom stereocenters. The number of hydrogen-bond donors (Lipinski definition) is 0. The Balaban J connectivity index is 3.75. The second-order valence-corrected chi connectivity index (χ2v) is 3.77. The molecule has 0 aromatic carbocycles. The lowest BCUT2D eigenvalue weighted by Gasteiger charge is -2.20. The average Bonchev–Trinajstić information content (AvgIpc) is 2.23. The first-order valence-corrected chi connectivity index (χ1v) is 6.02. The molecule has 0 aromatic heterocycles. The Labute approximate surface area is 98.0 Å². The molecular formula is C12H23NO3. The zero-order valence-electron chi connectivity index (χ0n) is 10.6. The minimum Gasteiger partial charge on any atom is -0.466 e. The normalized spacial score (nSPS) is 9.94. The van der Waals surface area contributed by atoms with Crippen LogP contribution in [0.25, 0.3) is 0 Å². The smallest absolute Gasteiger partial charge is 0.305 e. The highest BCUT2D eigenvalue weighted by molar-refractivity contribution is 5.73. The monoisotopic (exact) mass is 229 g/mol. The van der Waals surface area contributed by atoms with Crippen molar-refractivity contribution in [3.8, 4) is 0 Å². The fourth-order valence-corrected chi connectivity index (χ4v) is 1.42. The molecule has 0 fully saturated rings. The quantitative estimate of drug-likeness (QED) is 0.598. The van der Waals surface area contributed by atoms with Crippen LogP contribution in [0.3, 0.4) is 0 Å². The maximum atomic E-state index is 11.3. The number of ether oxygens (including phenoxy) is 1. The molecular weight excluding hydrogens is 206 g/mol. The summed E-state index contributed by atoms with van der Waals surface area (Å²) in [6.45, 7) is 7.31. The molecule has 0 N–H and O–H groups in total. The summed E-state index contributed by atoms with van der Waals surface area (Å²) in [5.74, 6) is -0.0983. The maximum Gasteiger partial charge on any atom is 0.305 e. The Morgan fingerprint density at radius 3 is 2.25 bits per heavy atom. The SMILES string of the molecule is CCCCN(CCCC(=O)OCC)C(C)=O. The van der Waals surface area contributed by atoms with Crippen LogP contribution in [-0.4, -0.2) is 36.5 Å². The van der Waals surface area contributed by atoms with Gasteiger partial charge in [-0.15, -0.1) is 0 Å². The largest absolute Gasteiger partial charge is 0.466 e. The molecule has 4 heteroatoms. The van der Waals surface area contributed by atoms with Crippen molar-refractivity contribution in [2.24, 2.45) is 0 Å². The number of unbranched alkanes of at least 4 members (excludes halogenated alkanes) is 1. The van der Waals surface area contributed by atoms with Gasteiger partial charge in [-0.05, 0) is 19.8 Å². The summed E-state index contributed by atoms with van der Waals surface area (Å²) in [5, 5.41) is 0. The van der Waals surface area contributed by atoms with Gasteiger partial charge >= 0.3 is 5.97 Å². The highest BCUT2D eigenvalue weighted by Gasteiger charge is 2.09. The van der Waals surface area contributed by atoms with Gasteiger partial charge in [0.15, 0.2) is 0 Å². The highest BCUT2D eigenvalue weighted by atomic mass is 16.5.